The zero-order chi connectivity index (χ0) is 21.7. The number of amides is 3. The van der Waals surface area contributed by atoms with Crippen molar-refractivity contribution in [2.24, 2.45) is 5.92 Å². The SMILES string of the molecule is CC([15NH][13C](=O)CN1C(C)CCCC1C)C(=O)CC(C)[13C](=O)ON1C(=O)CCC1=O. The van der Waals surface area contributed by atoms with Gasteiger partial charge in [-0.3, -0.25) is 24.1 Å². The molecular formula is C20H31N3O6. The molecule has 2 aliphatic rings. The number of hydroxylamine groups is 2. The number of nitrogens with zero attached hydrogens (tertiary/aromatic N) is 2. The maximum absolute atomic E-state index is 12.4. The molecule has 0 aromatic rings. The molecule has 2 rings (SSSR count). The highest BCUT2D eigenvalue weighted by Gasteiger charge is 2.35. The van der Waals surface area contributed by atoms with Crippen molar-refractivity contribution >= 4 is 29.5 Å². The van der Waals surface area contributed by atoms with Crippen LogP contribution in [0.2, 0.25) is 0 Å². The first kappa shape index (κ1) is 23.0. The minimum Gasteiger partial charge on any atom is -0.345 e. The molecule has 2 saturated heterocycles. The second-order valence-corrected chi connectivity index (χ2v) is 8.15. The van der Waals surface area contributed by atoms with Crippen LogP contribution in [0.3, 0.4) is 0 Å². The highest BCUT2D eigenvalue weighted by atomic mass is 16.8. The molecule has 0 radical (unpaired) electrons. The highest BCUT2D eigenvalue weighted by Crippen LogP contribution is 2.22. The summed E-state index contributed by atoms with van der Waals surface area (Å²) in [6.45, 7) is 7.49. The Morgan fingerprint density at radius 3 is 2.17 bits per heavy atom. The van der Waals surface area contributed by atoms with Crippen molar-refractivity contribution in [1.29, 1.82) is 0 Å². The van der Waals surface area contributed by atoms with Gasteiger partial charge in [-0.2, -0.15) is 0 Å². The number of imide groups is 1. The van der Waals surface area contributed by atoms with Crippen LogP contribution in [0.15, 0.2) is 0 Å². The smallest absolute Gasteiger partial charge is 0.336 e. The second kappa shape index (κ2) is 9.96. The molecule has 0 saturated carbocycles. The molecule has 4 unspecified atom stereocenters. The van der Waals surface area contributed by atoms with Crippen LogP contribution in [0.5, 0.6) is 0 Å². The molecule has 1 N–H and O–H groups in total. The number of rotatable bonds is 8. The fourth-order valence-corrected chi connectivity index (χ4v) is 3.72. The van der Waals surface area contributed by atoms with E-state index in [4.69, 9.17) is 4.84 Å². The van der Waals surface area contributed by atoms with E-state index in [9.17, 15) is 24.0 Å². The minimum absolute atomic E-state index is 0.0107. The molecule has 2 fully saturated rings. The van der Waals surface area contributed by atoms with Gasteiger partial charge < -0.3 is 10.2 Å². The van der Waals surface area contributed by atoms with Crippen molar-refractivity contribution in [3.05, 3.63) is 0 Å². The second-order valence-electron chi connectivity index (χ2n) is 8.15. The molecular weight excluding hydrogens is 381 g/mol. The first-order chi connectivity index (χ1) is 13.6. The zero-order valence-electron chi connectivity index (χ0n) is 17.6. The van der Waals surface area contributed by atoms with E-state index in [1.54, 1.807) is 6.92 Å². The monoisotopic (exact) mass is 412 g/mol. The van der Waals surface area contributed by atoms with E-state index in [0.717, 1.165) is 19.3 Å². The Bertz CT molecular complexity index is 653. The summed E-state index contributed by atoms with van der Waals surface area (Å²) in [4.78, 5) is 66.8. The fourth-order valence-electron chi connectivity index (χ4n) is 3.72. The number of likely N-dealkylation sites (tertiary alicyclic amines) is 1. The third kappa shape index (κ3) is 6.09. The van der Waals surface area contributed by atoms with E-state index in [1.807, 2.05) is 0 Å². The number of Topliss-reactive ketones (excluding diaryl/α,β-unsaturated/α-hetero) is 1. The standard InChI is InChI=1S/C20H31N3O6/c1-12(20(28)29-23-18(26)8-9-19(23)27)10-16(24)15(4)21-17(25)11-22-13(2)6-5-7-14(22)3/h12-15H,5-11H2,1-4H3,(H,21,25)/i17+1,20+1,21+1. The number of nitrogens with one attached hydrogen (secondary N) is 1. The first-order valence-electron chi connectivity index (χ1n) is 10.3. The predicted octanol–water partition coefficient (Wildman–Crippen LogP) is 0.956. The first-order valence-corrected chi connectivity index (χ1v) is 10.3. The van der Waals surface area contributed by atoms with Crippen molar-refractivity contribution in [2.75, 3.05) is 6.54 Å². The largest absolute Gasteiger partial charge is 0.345 e. The van der Waals surface area contributed by atoms with Crippen LogP contribution in [0.25, 0.3) is 0 Å². The van der Waals surface area contributed by atoms with Crippen LogP contribution < -0.4 is 5.32 Å². The molecule has 162 valence electrons. The molecule has 4 atom stereocenters. The summed E-state index contributed by atoms with van der Waals surface area (Å²) in [6, 6.07) is -0.106. The summed E-state index contributed by atoms with van der Waals surface area (Å²) in [5.74, 6) is -3.34. The van der Waals surface area contributed by atoms with Crippen LogP contribution in [-0.4, -0.2) is 64.1 Å². The number of carbonyl (C=O) groups excluding carboxylic acids is 5. The van der Waals surface area contributed by atoms with Crippen molar-refractivity contribution in [1.82, 2.24) is 15.3 Å². The maximum atomic E-state index is 12.4. The molecule has 29 heavy (non-hydrogen) atoms. The van der Waals surface area contributed by atoms with Gasteiger partial charge in [0.1, 0.15) is 0 Å². The van der Waals surface area contributed by atoms with Crippen LogP contribution in [0.4, 0.5) is 0 Å². The average Bonchev–Trinajstić information content (AvgIpc) is 2.96. The maximum Gasteiger partial charge on any atom is 0.336 e. The van der Waals surface area contributed by atoms with Gasteiger partial charge in [0.15, 0.2) is 5.78 Å². The van der Waals surface area contributed by atoms with E-state index in [0.29, 0.717) is 17.1 Å². The van der Waals surface area contributed by atoms with Gasteiger partial charge in [-0.05, 0) is 33.6 Å². The van der Waals surface area contributed by atoms with Gasteiger partial charge in [0.2, 0.25) is 5.91 Å². The highest BCUT2D eigenvalue weighted by molar-refractivity contribution is 6.01. The average molecular weight is 412 g/mol. The van der Waals surface area contributed by atoms with Gasteiger partial charge in [-0.25, -0.2) is 4.79 Å². The van der Waals surface area contributed by atoms with Crippen molar-refractivity contribution in [3.8, 4) is 0 Å². The van der Waals surface area contributed by atoms with Gasteiger partial charge in [-0.15, -0.1) is 5.06 Å². The van der Waals surface area contributed by atoms with Crippen LogP contribution >= 0.6 is 0 Å². The number of carbonyl (C=O) groups is 5. The Morgan fingerprint density at radius 1 is 1.07 bits per heavy atom. The predicted molar refractivity (Wildman–Crippen MR) is 103 cm³/mol. The third-order valence-electron chi connectivity index (χ3n) is 5.66. The lowest BCUT2D eigenvalue weighted by Gasteiger charge is -2.38. The molecule has 3 amide bonds. The normalized spacial score (nSPS) is 24.9. The third-order valence-corrected chi connectivity index (χ3v) is 5.66. The molecule has 0 aromatic carbocycles. The van der Waals surface area contributed by atoms with Crippen molar-refractivity contribution < 1.29 is 28.8 Å². The Kier molecular flexibility index (Phi) is 7.89. The molecule has 0 aromatic heterocycles. The van der Waals surface area contributed by atoms with Gasteiger partial charge in [0.05, 0.1) is 18.5 Å². The summed E-state index contributed by atoms with van der Waals surface area (Å²) in [6.07, 6.45) is 3.11. The fraction of sp³-hybridized carbons (Fsp3) is 0.750. The topological polar surface area (TPSA) is 113 Å². The van der Waals surface area contributed by atoms with Gasteiger partial charge in [-0.1, -0.05) is 13.3 Å². The summed E-state index contributed by atoms with van der Waals surface area (Å²) < 4.78 is 0. The van der Waals surface area contributed by atoms with E-state index < -0.39 is 29.7 Å². The Labute approximate surface area is 171 Å². The molecule has 9 nitrogen and oxygen atoms in total. The minimum atomic E-state index is -0.842. The molecule has 9 heteroatoms. The van der Waals surface area contributed by atoms with Crippen LogP contribution in [0.1, 0.15) is 66.2 Å². The van der Waals surface area contributed by atoms with E-state index in [1.165, 1.54) is 6.92 Å². The van der Waals surface area contributed by atoms with Crippen LogP contribution in [0, 0.1) is 5.92 Å². The zero-order valence-corrected chi connectivity index (χ0v) is 17.6. The Hall–Kier alpha value is -2.29. The van der Waals surface area contributed by atoms with Crippen molar-refractivity contribution in [2.45, 2.75) is 84.3 Å². The van der Waals surface area contributed by atoms with E-state index in [2.05, 4.69) is 24.1 Å². The Morgan fingerprint density at radius 2 is 1.62 bits per heavy atom. The molecule has 0 aliphatic carbocycles. The Balaban J connectivity index is 1.80. The van der Waals surface area contributed by atoms with Gasteiger partial charge >= 0.3 is 5.97 Å². The van der Waals surface area contributed by atoms with Crippen LogP contribution in [-0.2, 0) is 28.8 Å². The summed E-state index contributed by atoms with van der Waals surface area (Å²) >= 11 is 0. The molecule has 0 spiro atoms. The summed E-state index contributed by atoms with van der Waals surface area (Å²) in [5, 5.41) is 3.17. The molecule has 2 heterocycles. The molecule has 0 bridgehead atoms. The lowest BCUT2D eigenvalue weighted by atomic mass is 9.98. The van der Waals surface area contributed by atoms with E-state index in [-0.39, 0.29) is 37.5 Å². The van der Waals surface area contributed by atoms with E-state index >= 15 is 0 Å². The lowest BCUT2D eigenvalue weighted by Crippen LogP contribution is -2.51. The number of piperidine rings is 1. The lowest BCUT2D eigenvalue weighted by molar-refractivity contribution is -0.200. The number of hydrogen-bond donors (Lipinski definition) is 1. The van der Waals surface area contributed by atoms with Crippen molar-refractivity contribution in [3.63, 3.8) is 0 Å². The summed E-state index contributed by atoms with van der Waals surface area (Å²) in [7, 11) is 0. The summed E-state index contributed by atoms with van der Waals surface area (Å²) in [5.41, 5.74) is 0. The van der Waals surface area contributed by atoms with Gasteiger partial charge in [0, 0.05) is 31.3 Å². The number of hydrogen-bond acceptors (Lipinski definition) is 7. The van der Waals surface area contributed by atoms with Gasteiger partial charge in [0.25, 0.3) is 11.8 Å². The molecule has 2 aliphatic heterocycles. The number of ketones is 1. The quantitative estimate of drug-likeness (QED) is 0.359.